The average molecular weight is 261 g/mol. The zero-order valence-corrected chi connectivity index (χ0v) is 10.5. The first kappa shape index (κ1) is 12.5. The fourth-order valence-electron chi connectivity index (χ4n) is 1.69. The van der Waals surface area contributed by atoms with Crippen molar-refractivity contribution in [3.05, 3.63) is 11.7 Å². The number of rotatable bonds is 3. The summed E-state index contributed by atoms with van der Waals surface area (Å²) in [4.78, 5) is 4.08. The second kappa shape index (κ2) is 4.04. The Morgan fingerprint density at radius 1 is 1.59 bits per heavy atom. The van der Waals surface area contributed by atoms with Crippen molar-refractivity contribution in [1.82, 2.24) is 10.1 Å². The Bertz CT molecular complexity index is 512. The van der Waals surface area contributed by atoms with E-state index in [-0.39, 0.29) is 17.6 Å². The van der Waals surface area contributed by atoms with Crippen LogP contribution in [0.3, 0.4) is 0 Å². The third-order valence-electron chi connectivity index (χ3n) is 2.87. The smallest absolute Gasteiger partial charge is 0.236 e. The standard InChI is InChI=1S/C9H15N3O4S/c1-9(5-15-3-6(9)10)8-11-7(12-16-8)4-17(2,13)14/h6H,3-5,10H2,1-2H3. The van der Waals surface area contributed by atoms with Crippen LogP contribution >= 0.6 is 0 Å². The van der Waals surface area contributed by atoms with Gasteiger partial charge in [-0.1, -0.05) is 5.16 Å². The minimum absolute atomic E-state index is 0.155. The minimum atomic E-state index is -3.17. The van der Waals surface area contributed by atoms with E-state index in [2.05, 4.69) is 10.1 Å². The summed E-state index contributed by atoms with van der Waals surface area (Å²) < 4.78 is 32.6. The van der Waals surface area contributed by atoms with Gasteiger partial charge < -0.3 is 15.0 Å². The zero-order chi connectivity index (χ0) is 12.7. The molecule has 17 heavy (non-hydrogen) atoms. The van der Waals surface area contributed by atoms with Gasteiger partial charge in [0.2, 0.25) is 5.89 Å². The van der Waals surface area contributed by atoms with Crippen LogP contribution in [-0.4, -0.2) is 44.1 Å². The van der Waals surface area contributed by atoms with E-state index in [1.54, 1.807) is 0 Å². The number of nitrogens with zero attached hydrogens (tertiary/aromatic N) is 2. The van der Waals surface area contributed by atoms with Gasteiger partial charge in [-0.05, 0) is 6.92 Å². The van der Waals surface area contributed by atoms with E-state index in [0.717, 1.165) is 6.26 Å². The lowest BCUT2D eigenvalue weighted by Crippen LogP contribution is -2.42. The second-order valence-corrected chi connectivity index (χ2v) is 6.77. The molecule has 0 spiro atoms. The molecule has 2 heterocycles. The highest BCUT2D eigenvalue weighted by Crippen LogP contribution is 2.30. The lowest BCUT2D eigenvalue weighted by Gasteiger charge is -2.21. The molecular formula is C9H15N3O4S. The molecule has 0 radical (unpaired) electrons. The lowest BCUT2D eigenvalue weighted by atomic mass is 9.86. The SMILES string of the molecule is CC1(c2nc(CS(C)(=O)=O)no2)COCC1N. The van der Waals surface area contributed by atoms with Crippen LogP contribution < -0.4 is 5.73 Å². The van der Waals surface area contributed by atoms with Gasteiger partial charge in [-0.15, -0.1) is 0 Å². The summed E-state index contributed by atoms with van der Waals surface area (Å²) in [5.74, 6) is 0.256. The topological polar surface area (TPSA) is 108 Å². The summed E-state index contributed by atoms with van der Waals surface area (Å²) in [6, 6.07) is -0.228. The van der Waals surface area contributed by atoms with Gasteiger partial charge in [-0.2, -0.15) is 4.98 Å². The summed E-state index contributed by atoms with van der Waals surface area (Å²) in [5, 5.41) is 3.65. The monoisotopic (exact) mass is 261 g/mol. The predicted molar refractivity (Wildman–Crippen MR) is 59.0 cm³/mol. The molecule has 2 unspecified atom stereocenters. The summed E-state index contributed by atoms with van der Waals surface area (Å²) in [7, 11) is -3.17. The molecule has 1 aliphatic heterocycles. The normalized spacial score (nSPS) is 29.7. The first-order chi connectivity index (χ1) is 7.81. The highest BCUT2D eigenvalue weighted by atomic mass is 32.2. The average Bonchev–Trinajstić information content (AvgIpc) is 2.74. The predicted octanol–water partition coefficient (Wildman–Crippen LogP) is -0.771. The number of nitrogens with two attached hydrogens (primary N) is 1. The Morgan fingerprint density at radius 2 is 2.29 bits per heavy atom. The molecule has 7 nitrogen and oxygen atoms in total. The largest absolute Gasteiger partial charge is 0.379 e. The molecule has 8 heteroatoms. The summed E-state index contributed by atoms with van der Waals surface area (Å²) in [6.45, 7) is 2.69. The minimum Gasteiger partial charge on any atom is -0.379 e. The molecule has 2 N–H and O–H groups in total. The maximum atomic E-state index is 11.1. The van der Waals surface area contributed by atoms with Crippen molar-refractivity contribution in [2.45, 2.75) is 24.1 Å². The maximum absolute atomic E-state index is 11.1. The van der Waals surface area contributed by atoms with Gasteiger partial charge in [0.25, 0.3) is 0 Å². The molecule has 1 fully saturated rings. The van der Waals surface area contributed by atoms with Crippen molar-refractivity contribution in [2.75, 3.05) is 19.5 Å². The van der Waals surface area contributed by atoms with Crippen molar-refractivity contribution >= 4 is 9.84 Å². The van der Waals surface area contributed by atoms with E-state index in [4.69, 9.17) is 15.0 Å². The quantitative estimate of drug-likeness (QED) is 0.761. The van der Waals surface area contributed by atoms with Crippen LogP contribution in [0.1, 0.15) is 18.6 Å². The molecule has 0 aromatic carbocycles. The molecule has 96 valence electrons. The number of hydrogen-bond donors (Lipinski definition) is 1. The van der Waals surface area contributed by atoms with Crippen LogP contribution in [0.5, 0.6) is 0 Å². The molecule has 2 rings (SSSR count). The van der Waals surface area contributed by atoms with Crippen LogP contribution in [0.15, 0.2) is 4.52 Å². The van der Waals surface area contributed by atoms with Crippen molar-refractivity contribution in [3.63, 3.8) is 0 Å². The Labute approximate surface area is 99.2 Å². The molecular weight excluding hydrogens is 246 g/mol. The molecule has 0 aliphatic carbocycles. The van der Waals surface area contributed by atoms with Gasteiger partial charge in [0.15, 0.2) is 15.7 Å². The summed E-state index contributed by atoms with van der Waals surface area (Å²) in [6.07, 6.45) is 1.12. The Morgan fingerprint density at radius 3 is 2.82 bits per heavy atom. The summed E-state index contributed by atoms with van der Waals surface area (Å²) >= 11 is 0. The number of hydrogen-bond acceptors (Lipinski definition) is 7. The van der Waals surface area contributed by atoms with E-state index in [9.17, 15) is 8.42 Å². The van der Waals surface area contributed by atoms with Gasteiger partial charge >= 0.3 is 0 Å². The van der Waals surface area contributed by atoms with Crippen molar-refractivity contribution < 1.29 is 17.7 Å². The zero-order valence-electron chi connectivity index (χ0n) is 9.71. The van der Waals surface area contributed by atoms with Gasteiger partial charge in [0.05, 0.1) is 18.6 Å². The van der Waals surface area contributed by atoms with Crippen molar-refractivity contribution in [1.29, 1.82) is 0 Å². The van der Waals surface area contributed by atoms with E-state index in [1.807, 2.05) is 6.92 Å². The van der Waals surface area contributed by atoms with Gasteiger partial charge in [0, 0.05) is 12.3 Å². The molecule has 1 saturated heterocycles. The fraction of sp³-hybridized carbons (Fsp3) is 0.778. The highest BCUT2D eigenvalue weighted by molar-refractivity contribution is 7.89. The van der Waals surface area contributed by atoms with E-state index < -0.39 is 15.3 Å². The van der Waals surface area contributed by atoms with E-state index in [1.165, 1.54) is 0 Å². The van der Waals surface area contributed by atoms with E-state index in [0.29, 0.717) is 19.1 Å². The third-order valence-corrected chi connectivity index (χ3v) is 3.65. The number of sulfone groups is 1. The van der Waals surface area contributed by atoms with Crippen LogP contribution in [0.25, 0.3) is 0 Å². The molecule has 1 aromatic rings. The van der Waals surface area contributed by atoms with Crippen LogP contribution in [0.4, 0.5) is 0 Å². The first-order valence-corrected chi connectivity index (χ1v) is 7.21. The van der Waals surface area contributed by atoms with Gasteiger partial charge in [-0.3, -0.25) is 0 Å². The molecule has 0 saturated carbocycles. The third kappa shape index (κ3) is 2.48. The fourth-order valence-corrected chi connectivity index (χ4v) is 2.27. The van der Waals surface area contributed by atoms with Crippen molar-refractivity contribution in [3.8, 4) is 0 Å². The Hall–Kier alpha value is -0.990. The maximum Gasteiger partial charge on any atom is 0.236 e. The first-order valence-electron chi connectivity index (χ1n) is 5.15. The highest BCUT2D eigenvalue weighted by Gasteiger charge is 2.44. The number of aromatic nitrogens is 2. The molecule has 1 aliphatic rings. The van der Waals surface area contributed by atoms with E-state index >= 15 is 0 Å². The van der Waals surface area contributed by atoms with Crippen LogP contribution in [0.2, 0.25) is 0 Å². The van der Waals surface area contributed by atoms with Gasteiger partial charge in [0.1, 0.15) is 5.75 Å². The van der Waals surface area contributed by atoms with Crippen LogP contribution in [0, 0.1) is 0 Å². The van der Waals surface area contributed by atoms with Crippen LogP contribution in [-0.2, 0) is 25.7 Å². The second-order valence-electron chi connectivity index (χ2n) is 4.62. The summed E-state index contributed by atoms with van der Waals surface area (Å²) in [5.41, 5.74) is 5.37. The molecule has 1 aromatic heterocycles. The lowest BCUT2D eigenvalue weighted by molar-refractivity contribution is 0.169. The molecule has 2 atom stereocenters. The van der Waals surface area contributed by atoms with Crippen molar-refractivity contribution in [2.24, 2.45) is 5.73 Å². The van der Waals surface area contributed by atoms with Gasteiger partial charge in [-0.25, -0.2) is 8.42 Å². The number of ether oxygens (including phenoxy) is 1. The Balaban J connectivity index is 2.24. The molecule has 0 bridgehead atoms. The Kier molecular flexibility index (Phi) is 2.96. The molecule has 0 amide bonds.